The molecular formula is C11H19N3O4S. The van der Waals surface area contributed by atoms with Crippen molar-refractivity contribution in [2.75, 3.05) is 7.11 Å². The van der Waals surface area contributed by atoms with Gasteiger partial charge in [0, 0.05) is 12.7 Å². The quantitative estimate of drug-likeness (QED) is 0.767. The molecule has 0 saturated heterocycles. The van der Waals surface area contributed by atoms with Crippen LogP contribution in [0.15, 0.2) is 11.2 Å². The first-order valence-electron chi connectivity index (χ1n) is 5.95. The minimum atomic E-state index is -3.82. The van der Waals surface area contributed by atoms with Gasteiger partial charge in [0.05, 0.1) is 7.11 Å². The van der Waals surface area contributed by atoms with Gasteiger partial charge in [0.2, 0.25) is 0 Å². The zero-order valence-electron chi connectivity index (χ0n) is 11.5. The number of carbonyl (C=O) groups is 1. The zero-order valence-corrected chi connectivity index (χ0v) is 12.3. The number of methoxy groups -OCH3 is 1. The van der Waals surface area contributed by atoms with Gasteiger partial charge < -0.3 is 9.30 Å². The third-order valence-electron chi connectivity index (χ3n) is 2.58. The minimum absolute atomic E-state index is 0.0887. The van der Waals surface area contributed by atoms with Crippen molar-refractivity contribution in [1.82, 2.24) is 14.3 Å². The summed E-state index contributed by atoms with van der Waals surface area (Å²) in [6.45, 7) is 5.84. The van der Waals surface area contributed by atoms with Crippen molar-refractivity contribution in [3.63, 3.8) is 0 Å². The van der Waals surface area contributed by atoms with E-state index in [0.29, 0.717) is 12.4 Å². The number of ether oxygens (including phenoxy) is 1. The Hall–Kier alpha value is -1.41. The molecular weight excluding hydrogens is 270 g/mol. The lowest BCUT2D eigenvalue weighted by atomic mass is 10.4. The largest absolute Gasteiger partial charge is 0.468 e. The van der Waals surface area contributed by atoms with Crippen molar-refractivity contribution in [3.05, 3.63) is 12.0 Å². The maximum atomic E-state index is 12.0. The van der Waals surface area contributed by atoms with Crippen molar-refractivity contribution >= 4 is 16.0 Å². The number of imidazole rings is 1. The smallest absolute Gasteiger partial charge is 0.323 e. The molecule has 0 fully saturated rings. The van der Waals surface area contributed by atoms with Gasteiger partial charge in [-0.15, -0.1) is 0 Å². The van der Waals surface area contributed by atoms with E-state index < -0.39 is 22.0 Å². The van der Waals surface area contributed by atoms with Gasteiger partial charge in [0.1, 0.15) is 11.9 Å². The predicted octanol–water partition coefficient (Wildman–Crippen LogP) is 0.441. The van der Waals surface area contributed by atoms with E-state index in [4.69, 9.17) is 0 Å². The van der Waals surface area contributed by atoms with Crippen LogP contribution in [0.3, 0.4) is 0 Å². The summed E-state index contributed by atoms with van der Waals surface area (Å²) in [5, 5.41) is -0.0887. The van der Waals surface area contributed by atoms with Crippen molar-refractivity contribution < 1.29 is 17.9 Å². The van der Waals surface area contributed by atoms with Gasteiger partial charge in [0.15, 0.2) is 5.03 Å². The molecule has 0 spiro atoms. The third kappa shape index (κ3) is 3.77. The van der Waals surface area contributed by atoms with E-state index in [9.17, 15) is 13.2 Å². The average Bonchev–Trinajstić information content (AvgIpc) is 2.71. The Morgan fingerprint density at radius 2 is 2.21 bits per heavy atom. The van der Waals surface area contributed by atoms with Crippen LogP contribution in [0, 0.1) is 6.92 Å². The van der Waals surface area contributed by atoms with Crippen LogP contribution in [0.25, 0.3) is 0 Å². The van der Waals surface area contributed by atoms with Gasteiger partial charge in [-0.3, -0.25) is 4.79 Å². The van der Waals surface area contributed by atoms with Gasteiger partial charge in [-0.25, -0.2) is 13.4 Å². The Morgan fingerprint density at radius 3 is 2.74 bits per heavy atom. The summed E-state index contributed by atoms with van der Waals surface area (Å²) in [5.74, 6) is -0.0266. The molecule has 1 N–H and O–H groups in total. The highest BCUT2D eigenvalue weighted by molar-refractivity contribution is 7.89. The van der Waals surface area contributed by atoms with E-state index in [-0.39, 0.29) is 5.03 Å². The molecule has 0 aliphatic heterocycles. The summed E-state index contributed by atoms with van der Waals surface area (Å²) >= 11 is 0. The summed E-state index contributed by atoms with van der Waals surface area (Å²) in [5.41, 5.74) is 0. The summed E-state index contributed by atoms with van der Waals surface area (Å²) in [6, 6.07) is -0.952. The molecule has 8 heteroatoms. The molecule has 108 valence electrons. The molecule has 0 amide bonds. The van der Waals surface area contributed by atoms with Crippen LogP contribution < -0.4 is 4.72 Å². The van der Waals surface area contributed by atoms with E-state index >= 15 is 0 Å². The topological polar surface area (TPSA) is 90.3 Å². The molecule has 1 unspecified atom stereocenters. The second kappa shape index (κ2) is 6.16. The first kappa shape index (κ1) is 15.6. The fourth-order valence-corrected chi connectivity index (χ4v) is 2.79. The number of aromatic nitrogens is 2. The number of nitrogens with one attached hydrogen (secondary N) is 1. The van der Waals surface area contributed by atoms with Crippen LogP contribution in [0.5, 0.6) is 0 Å². The fourth-order valence-electron chi connectivity index (χ4n) is 1.59. The van der Waals surface area contributed by atoms with Crippen LogP contribution >= 0.6 is 0 Å². The number of sulfonamides is 1. The molecule has 1 aromatic heterocycles. The molecule has 0 bridgehead atoms. The average molecular weight is 289 g/mol. The lowest BCUT2D eigenvalue weighted by Crippen LogP contribution is -2.39. The Balaban J connectivity index is 2.94. The normalized spacial score (nSPS) is 13.3. The maximum Gasteiger partial charge on any atom is 0.323 e. The summed E-state index contributed by atoms with van der Waals surface area (Å²) in [4.78, 5) is 15.2. The molecule has 0 aliphatic carbocycles. The maximum absolute atomic E-state index is 12.0. The Bertz CT molecular complexity index is 550. The van der Waals surface area contributed by atoms with E-state index in [1.807, 2.05) is 6.92 Å². The fraction of sp³-hybridized carbons (Fsp3) is 0.636. The van der Waals surface area contributed by atoms with Crippen molar-refractivity contribution in [2.24, 2.45) is 0 Å². The number of carbonyl (C=O) groups excluding carboxylic acids is 1. The SMILES string of the molecule is CCCn1cc(S(=O)(=O)NC(C)C(=O)OC)nc1C. The van der Waals surface area contributed by atoms with E-state index in [0.717, 1.165) is 6.42 Å². The summed E-state index contributed by atoms with van der Waals surface area (Å²) in [7, 11) is -2.62. The molecule has 0 saturated carbocycles. The standard InChI is InChI=1S/C11H19N3O4S/c1-5-6-14-7-10(12-9(14)3)19(16,17)13-8(2)11(15)18-4/h7-8,13H,5-6H2,1-4H3. The number of nitrogens with zero attached hydrogens (tertiary/aromatic N) is 2. The third-order valence-corrected chi connectivity index (χ3v) is 3.99. The van der Waals surface area contributed by atoms with Crippen LogP contribution in [-0.4, -0.2) is 37.1 Å². The lowest BCUT2D eigenvalue weighted by Gasteiger charge is -2.10. The van der Waals surface area contributed by atoms with Gasteiger partial charge in [0.25, 0.3) is 10.0 Å². The number of aryl methyl sites for hydroxylation is 2. The number of esters is 1. The second-order valence-electron chi connectivity index (χ2n) is 4.19. The second-order valence-corrected chi connectivity index (χ2v) is 5.85. The Labute approximate surface area is 113 Å². The first-order valence-corrected chi connectivity index (χ1v) is 7.44. The van der Waals surface area contributed by atoms with Crippen molar-refractivity contribution in [2.45, 2.75) is 44.8 Å². The molecule has 7 nitrogen and oxygen atoms in total. The molecule has 0 radical (unpaired) electrons. The van der Waals surface area contributed by atoms with Gasteiger partial charge in [-0.05, 0) is 20.3 Å². The van der Waals surface area contributed by atoms with E-state index in [2.05, 4.69) is 14.4 Å². The van der Waals surface area contributed by atoms with Crippen molar-refractivity contribution in [1.29, 1.82) is 0 Å². The van der Waals surface area contributed by atoms with Gasteiger partial charge in [-0.2, -0.15) is 4.72 Å². The van der Waals surface area contributed by atoms with E-state index in [1.54, 1.807) is 11.5 Å². The zero-order chi connectivity index (χ0) is 14.6. The highest BCUT2D eigenvalue weighted by atomic mass is 32.2. The minimum Gasteiger partial charge on any atom is -0.468 e. The molecule has 1 aromatic rings. The molecule has 19 heavy (non-hydrogen) atoms. The van der Waals surface area contributed by atoms with Gasteiger partial charge in [-0.1, -0.05) is 6.92 Å². The molecule has 1 rings (SSSR count). The highest BCUT2D eigenvalue weighted by Crippen LogP contribution is 2.10. The highest BCUT2D eigenvalue weighted by Gasteiger charge is 2.25. The lowest BCUT2D eigenvalue weighted by molar-refractivity contribution is -0.142. The first-order chi connectivity index (χ1) is 8.81. The molecule has 0 aliphatic rings. The molecule has 0 aromatic carbocycles. The van der Waals surface area contributed by atoms with Gasteiger partial charge >= 0.3 is 5.97 Å². The van der Waals surface area contributed by atoms with E-state index in [1.165, 1.54) is 20.2 Å². The number of rotatable bonds is 6. The number of hydrogen-bond acceptors (Lipinski definition) is 5. The molecule has 1 heterocycles. The van der Waals surface area contributed by atoms with Crippen LogP contribution in [0.2, 0.25) is 0 Å². The molecule has 1 atom stereocenters. The monoisotopic (exact) mass is 289 g/mol. The van der Waals surface area contributed by atoms with Crippen molar-refractivity contribution in [3.8, 4) is 0 Å². The Morgan fingerprint density at radius 1 is 1.58 bits per heavy atom. The number of hydrogen-bond donors (Lipinski definition) is 1. The van der Waals surface area contributed by atoms with Crippen LogP contribution in [0.4, 0.5) is 0 Å². The van der Waals surface area contributed by atoms with Crippen LogP contribution in [0.1, 0.15) is 26.1 Å². The summed E-state index contributed by atoms with van der Waals surface area (Å²) < 4.78 is 32.5. The predicted molar refractivity (Wildman–Crippen MR) is 69.1 cm³/mol. The Kier molecular flexibility index (Phi) is 5.07. The summed E-state index contributed by atoms with van der Waals surface area (Å²) in [6.07, 6.45) is 2.34. The van der Waals surface area contributed by atoms with Crippen LogP contribution in [-0.2, 0) is 26.1 Å².